The lowest BCUT2D eigenvalue weighted by atomic mass is 9.67. The summed E-state index contributed by atoms with van der Waals surface area (Å²) in [6, 6.07) is 9.64. The fraction of sp³-hybridized carbons (Fsp3) is 0.684. The number of alkyl halides is 1. The molecule has 4 rings (SSSR count). The molecule has 0 bridgehead atoms. The molecule has 7 atom stereocenters. The highest BCUT2D eigenvalue weighted by atomic mass is 19.1. The van der Waals surface area contributed by atoms with Crippen molar-refractivity contribution in [2.75, 3.05) is 20.3 Å². The van der Waals surface area contributed by atoms with Gasteiger partial charge in [-0.25, -0.2) is 4.39 Å². The molecule has 2 saturated heterocycles. The SMILES string of the molecule is CO[C@@H]1[C@H](O)[C@@H](F)C[C@]2(CO2)[C@H]1[C@@]1(C)O[C@@H]1CCOc1ccccc1. The number of hydrogen-bond acceptors (Lipinski definition) is 5. The number of hydrogen-bond donors (Lipinski definition) is 1. The summed E-state index contributed by atoms with van der Waals surface area (Å²) in [5.74, 6) is 0.642. The lowest BCUT2D eigenvalue weighted by Gasteiger charge is -2.42. The molecule has 1 aliphatic carbocycles. The van der Waals surface area contributed by atoms with Crippen LogP contribution in [0.1, 0.15) is 19.8 Å². The van der Waals surface area contributed by atoms with Crippen LogP contribution in [0.4, 0.5) is 4.39 Å². The minimum atomic E-state index is -1.33. The zero-order valence-electron chi connectivity index (χ0n) is 14.6. The zero-order chi connectivity index (χ0) is 17.7. The highest BCUT2D eigenvalue weighted by Gasteiger charge is 2.73. The quantitative estimate of drug-likeness (QED) is 0.795. The Bertz CT molecular complexity index is 607. The van der Waals surface area contributed by atoms with Gasteiger partial charge in [0, 0.05) is 20.0 Å². The number of epoxide rings is 2. The van der Waals surface area contributed by atoms with Gasteiger partial charge in [0.15, 0.2) is 0 Å². The summed E-state index contributed by atoms with van der Waals surface area (Å²) in [6.45, 7) is 3.04. The summed E-state index contributed by atoms with van der Waals surface area (Å²) in [4.78, 5) is 0. The molecule has 3 fully saturated rings. The topological polar surface area (TPSA) is 63.8 Å². The number of ether oxygens (including phenoxy) is 4. The molecule has 25 heavy (non-hydrogen) atoms. The van der Waals surface area contributed by atoms with Crippen LogP contribution < -0.4 is 4.74 Å². The summed E-state index contributed by atoms with van der Waals surface area (Å²) in [5, 5.41) is 10.2. The average Bonchev–Trinajstić information content (AvgIpc) is 3.51. The lowest BCUT2D eigenvalue weighted by molar-refractivity contribution is -0.144. The van der Waals surface area contributed by atoms with Gasteiger partial charge in [-0.1, -0.05) is 18.2 Å². The fourth-order valence-electron chi connectivity index (χ4n) is 4.49. The Kier molecular flexibility index (Phi) is 4.27. The molecule has 1 spiro atoms. The molecule has 1 aromatic rings. The van der Waals surface area contributed by atoms with E-state index in [1.54, 1.807) is 0 Å². The molecule has 6 heteroatoms. The van der Waals surface area contributed by atoms with Gasteiger partial charge in [0.2, 0.25) is 0 Å². The van der Waals surface area contributed by atoms with Gasteiger partial charge in [0.25, 0.3) is 0 Å². The Morgan fingerprint density at radius 1 is 1.32 bits per heavy atom. The van der Waals surface area contributed by atoms with Crippen molar-refractivity contribution in [3.63, 3.8) is 0 Å². The third kappa shape index (κ3) is 2.95. The Hall–Kier alpha value is -1.21. The number of methoxy groups -OCH3 is 1. The first-order valence-corrected chi connectivity index (χ1v) is 8.85. The van der Waals surface area contributed by atoms with E-state index in [-0.39, 0.29) is 18.4 Å². The van der Waals surface area contributed by atoms with Gasteiger partial charge < -0.3 is 24.1 Å². The molecule has 0 aromatic heterocycles. The average molecular weight is 352 g/mol. The van der Waals surface area contributed by atoms with E-state index >= 15 is 0 Å². The Balaban J connectivity index is 1.40. The number of aliphatic hydroxyl groups is 1. The summed E-state index contributed by atoms with van der Waals surface area (Å²) < 4.78 is 37.0. The predicted octanol–water partition coefficient (Wildman–Crippen LogP) is 2.12. The summed E-state index contributed by atoms with van der Waals surface area (Å²) in [5.41, 5.74) is -1.05. The molecular weight excluding hydrogens is 327 g/mol. The van der Waals surface area contributed by atoms with Gasteiger partial charge in [-0.05, 0) is 19.1 Å². The van der Waals surface area contributed by atoms with E-state index in [0.717, 1.165) is 12.2 Å². The van der Waals surface area contributed by atoms with Gasteiger partial charge in [0.1, 0.15) is 29.2 Å². The van der Waals surface area contributed by atoms with Crippen LogP contribution in [-0.4, -0.2) is 61.1 Å². The molecule has 5 nitrogen and oxygen atoms in total. The molecule has 2 aliphatic heterocycles. The molecule has 1 aromatic carbocycles. The van der Waals surface area contributed by atoms with Crippen LogP contribution in [0.15, 0.2) is 30.3 Å². The molecule has 0 unspecified atom stereocenters. The van der Waals surface area contributed by atoms with Crippen molar-refractivity contribution in [1.82, 2.24) is 0 Å². The van der Waals surface area contributed by atoms with Crippen molar-refractivity contribution in [1.29, 1.82) is 0 Å². The Labute approximate surface area is 147 Å². The molecule has 3 aliphatic rings. The van der Waals surface area contributed by atoms with Crippen LogP contribution in [0.5, 0.6) is 5.75 Å². The normalized spacial score (nSPS) is 45.4. The summed E-state index contributed by atoms with van der Waals surface area (Å²) >= 11 is 0. The smallest absolute Gasteiger partial charge is 0.131 e. The maximum atomic E-state index is 14.1. The third-order valence-corrected chi connectivity index (χ3v) is 5.92. The van der Waals surface area contributed by atoms with Crippen molar-refractivity contribution < 1.29 is 28.4 Å². The zero-order valence-corrected chi connectivity index (χ0v) is 14.6. The lowest BCUT2D eigenvalue weighted by Crippen LogP contribution is -2.58. The predicted molar refractivity (Wildman–Crippen MR) is 88.3 cm³/mol. The van der Waals surface area contributed by atoms with Crippen LogP contribution >= 0.6 is 0 Å². The van der Waals surface area contributed by atoms with Crippen LogP contribution in [0.2, 0.25) is 0 Å². The second-order valence-electron chi connectivity index (χ2n) is 7.48. The highest BCUT2D eigenvalue weighted by molar-refractivity contribution is 5.22. The summed E-state index contributed by atoms with van der Waals surface area (Å²) in [6.07, 6.45) is -2.19. The molecule has 0 radical (unpaired) electrons. The van der Waals surface area contributed by atoms with E-state index in [1.165, 1.54) is 7.11 Å². The first-order valence-electron chi connectivity index (χ1n) is 8.85. The number of para-hydroxylation sites is 1. The van der Waals surface area contributed by atoms with Crippen LogP contribution in [-0.2, 0) is 14.2 Å². The van der Waals surface area contributed by atoms with Gasteiger partial charge in [-0.15, -0.1) is 0 Å². The maximum Gasteiger partial charge on any atom is 0.131 e. The number of halogens is 1. The number of aliphatic hydroxyl groups excluding tert-OH is 1. The highest BCUT2D eigenvalue weighted by Crippen LogP contribution is 2.59. The van der Waals surface area contributed by atoms with Crippen molar-refractivity contribution in [3.05, 3.63) is 30.3 Å². The number of rotatable bonds is 6. The van der Waals surface area contributed by atoms with Gasteiger partial charge in [-0.2, -0.15) is 0 Å². The van der Waals surface area contributed by atoms with E-state index in [1.807, 2.05) is 37.3 Å². The largest absolute Gasteiger partial charge is 0.493 e. The van der Waals surface area contributed by atoms with E-state index in [2.05, 4.69) is 0 Å². The monoisotopic (exact) mass is 352 g/mol. The third-order valence-electron chi connectivity index (χ3n) is 5.92. The van der Waals surface area contributed by atoms with E-state index < -0.39 is 29.6 Å². The molecule has 138 valence electrons. The summed E-state index contributed by atoms with van der Waals surface area (Å²) in [7, 11) is 1.51. The minimum absolute atomic E-state index is 0.0108. The van der Waals surface area contributed by atoms with Gasteiger partial charge in [-0.3, -0.25) is 0 Å². The Morgan fingerprint density at radius 3 is 2.68 bits per heavy atom. The van der Waals surface area contributed by atoms with E-state index in [9.17, 15) is 9.50 Å². The first-order chi connectivity index (χ1) is 12.0. The Morgan fingerprint density at radius 2 is 2.04 bits per heavy atom. The second-order valence-corrected chi connectivity index (χ2v) is 7.48. The van der Waals surface area contributed by atoms with Crippen molar-refractivity contribution in [2.45, 2.75) is 55.5 Å². The minimum Gasteiger partial charge on any atom is -0.493 e. The van der Waals surface area contributed by atoms with Crippen molar-refractivity contribution in [2.24, 2.45) is 5.92 Å². The van der Waals surface area contributed by atoms with Gasteiger partial charge in [0.05, 0.1) is 31.3 Å². The maximum absolute atomic E-state index is 14.1. The fourth-order valence-corrected chi connectivity index (χ4v) is 4.49. The molecule has 2 heterocycles. The van der Waals surface area contributed by atoms with Crippen molar-refractivity contribution >= 4 is 0 Å². The van der Waals surface area contributed by atoms with Crippen molar-refractivity contribution in [3.8, 4) is 5.75 Å². The molecule has 0 amide bonds. The first kappa shape index (κ1) is 17.2. The molecule has 1 saturated carbocycles. The standard InChI is InChI=1S/C19H25FO5/c1-18(14(25-18)8-9-23-12-6-4-3-5-7-12)17-16(22-2)15(21)13(20)10-19(17)11-24-19/h3-7,13-17,21H,8-11H2,1-2H3/t13-,14+,15+,16+,17+,18-,19-/m0/s1. The van der Waals surface area contributed by atoms with E-state index in [4.69, 9.17) is 18.9 Å². The van der Waals surface area contributed by atoms with Crippen LogP contribution in [0.25, 0.3) is 0 Å². The number of benzene rings is 1. The van der Waals surface area contributed by atoms with Gasteiger partial charge >= 0.3 is 0 Å². The van der Waals surface area contributed by atoms with Crippen LogP contribution in [0, 0.1) is 5.92 Å². The molecule has 1 N–H and O–H groups in total. The van der Waals surface area contributed by atoms with E-state index in [0.29, 0.717) is 13.2 Å². The van der Waals surface area contributed by atoms with Crippen LogP contribution in [0.3, 0.4) is 0 Å². The second kappa shape index (κ2) is 6.20. The molecular formula is C19H25FO5.